The molecule has 0 aliphatic heterocycles. The predicted molar refractivity (Wildman–Crippen MR) is 137 cm³/mol. The Hall–Kier alpha value is -3.92. The van der Waals surface area contributed by atoms with Crippen molar-refractivity contribution < 1.29 is 29.1 Å². The van der Waals surface area contributed by atoms with Crippen LogP contribution < -0.4 is 27.4 Å². The van der Waals surface area contributed by atoms with Gasteiger partial charge in [-0.3, -0.25) is 19.2 Å². The molecule has 15 nitrogen and oxygen atoms in total. The molecule has 0 aliphatic rings. The Morgan fingerprint density at radius 2 is 1.42 bits per heavy atom. The number of primary amides is 1. The molecule has 16 heteroatoms. The van der Waals surface area contributed by atoms with Crippen LogP contribution in [0.3, 0.4) is 0 Å². The Morgan fingerprint density at radius 1 is 0.895 bits per heavy atom. The lowest BCUT2D eigenvalue weighted by atomic mass is 10.1. The highest BCUT2D eigenvalue weighted by molar-refractivity contribution is 7.98. The Bertz CT molecular complexity index is 1060. The van der Waals surface area contributed by atoms with Gasteiger partial charge >= 0.3 is 5.97 Å². The van der Waals surface area contributed by atoms with Gasteiger partial charge in [0, 0.05) is 43.0 Å². The lowest BCUT2D eigenvalue weighted by molar-refractivity contribution is -0.142. The fourth-order valence-corrected chi connectivity index (χ4v) is 3.89. The van der Waals surface area contributed by atoms with Crippen LogP contribution in [0.5, 0.6) is 0 Å². The number of rotatable bonds is 17. The maximum atomic E-state index is 13.2. The minimum absolute atomic E-state index is 0.00849. The number of carboxylic acid groups (broad SMARTS) is 1. The third-order valence-electron chi connectivity index (χ3n) is 5.49. The highest BCUT2D eigenvalue weighted by Crippen LogP contribution is 2.06. The molecule has 4 atom stereocenters. The van der Waals surface area contributed by atoms with Crippen molar-refractivity contribution >= 4 is 41.4 Å². The minimum Gasteiger partial charge on any atom is -0.480 e. The first-order chi connectivity index (χ1) is 18.1. The number of aliphatic carboxylic acids is 1. The van der Waals surface area contributed by atoms with Gasteiger partial charge in [0.15, 0.2) is 0 Å². The third kappa shape index (κ3) is 10.2. The largest absolute Gasteiger partial charge is 0.480 e. The molecule has 4 amide bonds. The van der Waals surface area contributed by atoms with Crippen molar-refractivity contribution in [3.8, 4) is 0 Å². The van der Waals surface area contributed by atoms with E-state index in [0.29, 0.717) is 23.6 Å². The fourth-order valence-electron chi connectivity index (χ4n) is 3.40. The summed E-state index contributed by atoms with van der Waals surface area (Å²) in [5, 5.41) is 17.0. The molecule has 0 saturated heterocycles. The number of amides is 4. The molecule has 0 spiro atoms. The summed E-state index contributed by atoms with van der Waals surface area (Å²) >= 11 is 1.52. The Labute approximate surface area is 222 Å². The molecule has 0 aromatic carbocycles. The molecule has 2 aromatic heterocycles. The lowest BCUT2D eigenvalue weighted by Crippen LogP contribution is -2.58. The number of nitrogens with two attached hydrogens (primary N) is 2. The molecule has 0 radical (unpaired) electrons. The summed E-state index contributed by atoms with van der Waals surface area (Å²) in [6, 6.07) is -4.66. The van der Waals surface area contributed by atoms with Crippen LogP contribution in [-0.4, -0.2) is 90.8 Å². The SMILES string of the molecule is CSCCC(N)C(=O)NC(Cc1cnc[nH]1)C(=O)NC(CCC(N)=O)C(=O)NC(Cc1cnc[nH]1)C(=O)O. The van der Waals surface area contributed by atoms with E-state index in [1.807, 2.05) is 6.26 Å². The average molecular weight is 552 g/mol. The lowest BCUT2D eigenvalue weighted by Gasteiger charge is -2.25. The third-order valence-corrected chi connectivity index (χ3v) is 6.13. The number of carboxylic acids is 1. The minimum atomic E-state index is -1.34. The first-order valence-electron chi connectivity index (χ1n) is 11.7. The van der Waals surface area contributed by atoms with E-state index < -0.39 is 53.8 Å². The van der Waals surface area contributed by atoms with Crippen molar-refractivity contribution in [2.75, 3.05) is 12.0 Å². The average Bonchev–Trinajstić information content (AvgIpc) is 3.58. The number of carbonyl (C=O) groups excluding carboxylic acids is 4. The van der Waals surface area contributed by atoms with Gasteiger partial charge in [-0.05, 0) is 24.9 Å². The maximum absolute atomic E-state index is 13.2. The number of thioether (sulfide) groups is 1. The van der Waals surface area contributed by atoms with Crippen molar-refractivity contribution in [3.05, 3.63) is 36.4 Å². The van der Waals surface area contributed by atoms with Gasteiger partial charge in [0.1, 0.15) is 18.1 Å². The second kappa shape index (κ2) is 15.4. The summed E-state index contributed by atoms with van der Waals surface area (Å²) in [5.41, 5.74) is 12.2. The Kier molecular flexibility index (Phi) is 12.2. The molecule has 4 unspecified atom stereocenters. The summed E-state index contributed by atoms with van der Waals surface area (Å²) in [7, 11) is 0. The van der Waals surface area contributed by atoms with E-state index in [-0.39, 0.29) is 25.7 Å². The van der Waals surface area contributed by atoms with Gasteiger partial charge in [-0.15, -0.1) is 0 Å². The van der Waals surface area contributed by atoms with Crippen LogP contribution in [0, 0.1) is 0 Å². The van der Waals surface area contributed by atoms with Gasteiger partial charge in [0.25, 0.3) is 0 Å². The first kappa shape index (κ1) is 30.3. The van der Waals surface area contributed by atoms with Gasteiger partial charge in [-0.2, -0.15) is 11.8 Å². The number of imidazole rings is 2. The van der Waals surface area contributed by atoms with Crippen LogP contribution in [-0.2, 0) is 36.8 Å². The number of nitrogens with one attached hydrogen (secondary N) is 5. The summed E-state index contributed by atoms with van der Waals surface area (Å²) in [6.07, 6.45) is 7.40. The molecule has 0 saturated carbocycles. The quantitative estimate of drug-likeness (QED) is 0.105. The standard InChI is InChI=1S/C22H33N9O6S/c1-38-5-4-14(23)19(33)30-16(6-12-8-25-10-27-12)21(35)29-15(2-3-18(24)32)20(34)31-17(22(36)37)7-13-9-26-11-28-13/h8-11,14-17H,2-7,23H2,1H3,(H2,24,32)(H,25,27)(H,26,28)(H,29,35)(H,30,33)(H,31,34)(H,36,37). The fraction of sp³-hybridized carbons (Fsp3) is 0.500. The van der Waals surface area contributed by atoms with E-state index in [1.54, 1.807) is 0 Å². The van der Waals surface area contributed by atoms with E-state index in [4.69, 9.17) is 11.5 Å². The normalized spacial score (nSPS) is 14.1. The van der Waals surface area contributed by atoms with Crippen LogP contribution in [0.2, 0.25) is 0 Å². The zero-order valence-electron chi connectivity index (χ0n) is 20.8. The van der Waals surface area contributed by atoms with Gasteiger partial charge in [-0.1, -0.05) is 0 Å². The van der Waals surface area contributed by atoms with Gasteiger partial charge in [0.05, 0.1) is 18.7 Å². The number of H-pyrrole nitrogens is 2. The van der Waals surface area contributed by atoms with Crippen LogP contribution in [0.25, 0.3) is 0 Å². The summed E-state index contributed by atoms with van der Waals surface area (Å²) in [5.74, 6) is -3.51. The molecule has 38 heavy (non-hydrogen) atoms. The maximum Gasteiger partial charge on any atom is 0.326 e. The molecule has 10 N–H and O–H groups in total. The molecule has 0 bridgehead atoms. The topological polar surface area (TPSA) is 251 Å². The van der Waals surface area contributed by atoms with Crippen molar-refractivity contribution in [2.45, 2.75) is 56.3 Å². The Balaban J connectivity index is 2.18. The van der Waals surface area contributed by atoms with E-state index in [1.165, 1.54) is 36.8 Å². The van der Waals surface area contributed by atoms with Gasteiger partial charge in [0.2, 0.25) is 23.6 Å². The highest BCUT2D eigenvalue weighted by atomic mass is 32.2. The number of hydrogen-bond donors (Lipinski definition) is 8. The number of nitrogens with zero attached hydrogens (tertiary/aromatic N) is 2. The number of carbonyl (C=O) groups is 5. The smallest absolute Gasteiger partial charge is 0.326 e. The molecule has 2 rings (SSSR count). The zero-order valence-corrected chi connectivity index (χ0v) is 21.6. The monoisotopic (exact) mass is 551 g/mol. The van der Waals surface area contributed by atoms with Crippen LogP contribution in [0.15, 0.2) is 25.0 Å². The van der Waals surface area contributed by atoms with Crippen LogP contribution in [0.4, 0.5) is 0 Å². The molecule has 0 aliphatic carbocycles. The molecular weight excluding hydrogens is 518 g/mol. The second-order valence-electron chi connectivity index (χ2n) is 8.48. The van der Waals surface area contributed by atoms with Crippen molar-refractivity contribution in [1.29, 1.82) is 0 Å². The molecular formula is C22H33N9O6S. The number of hydrogen-bond acceptors (Lipinski definition) is 9. The van der Waals surface area contributed by atoms with Crippen molar-refractivity contribution in [2.24, 2.45) is 11.5 Å². The summed E-state index contributed by atoms with van der Waals surface area (Å²) < 4.78 is 0. The zero-order chi connectivity index (χ0) is 28.1. The summed E-state index contributed by atoms with van der Waals surface area (Å²) in [4.78, 5) is 75.4. The number of aromatic nitrogens is 4. The van der Waals surface area contributed by atoms with E-state index >= 15 is 0 Å². The molecule has 2 aromatic rings. The van der Waals surface area contributed by atoms with E-state index in [9.17, 15) is 29.1 Å². The van der Waals surface area contributed by atoms with E-state index in [2.05, 4.69) is 35.9 Å². The first-order valence-corrected chi connectivity index (χ1v) is 13.1. The Morgan fingerprint density at radius 3 is 1.92 bits per heavy atom. The van der Waals surface area contributed by atoms with Gasteiger partial charge < -0.3 is 42.5 Å². The van der Waals surface area contributed by atoms with E-state index in [0.717, 1.165) is 0 Å². The predicted octanol–water partition coefficient (Wildman–Crippen LogP) is -2.20. The van der Waals surface area contributed by atoms with Crippen molar-refractivity contribution in [1.82, 2.24) is 35.9 Å². The van der Waals surface area contributed by atoms with Gasteiger partial charge in [-0.25, -0.2) is 14.8 Å². The van der Waals surface area contributed by atoms with Crippen LogP contribution >= 0.6 is 11.8 Å². The molecule has 0 fully saturated rings. The number of aromatic amines is 2. The molecule has 2 heterocycles. The van der Waals surface area contributed by atoms with Crippen molar-refractivity contribution in [3.63, 3.8) is 0 Å². The second-order valence-corrected chi connectivity index (χ2v) is 9.46. The highest BCUT2D eigenvalue weighted by Gasteiger charge is 2.31. The van der Waals surface area contributed by atoms with Crippen LogP contribution in [0.1, 0.15) is 30.7 Å². The summed E-state index contributed by atoms with van der Waals surface area (Å²) in [6.45, 7) is 0. The molecule has 208 valence electrons.